The normalized spacial score (nSPS) is 30.7. The van der Waals surface area contributed by atoms with Crippen LogP contribution in [-0.4, -0.2) is 112 Å². The average molecular weight is 833 g/mol. The minimum atomic E-state index is -1.41. The smallest absolute Gasteiger partial charge is 0.318 e. The Hall–Kier alpha value is -2.03. The molecule has 13 heteroatoms. The third kappa shape index (κ3) is 13.2. The lowest BCUT2D eigenvalue weighted by Crippen LogP contribution is -2.75. The molecule has 0 bridgehead atoms. The topological polar surface area (TPSA) is 185 Å². The Morgan fingerprint density at radius 2 is 1.56 bits per heavy atom. The molecule has 0 saturated carbocycles. The van der Waals surface area contributed by atoms with Gasteiger partial charge in [-0.15, -0.1) is 0 Å². The molecule has 0 aromatic carbocycles. The van der Waals surface area contributed by atoms with Gasteiger partial charge in [-0.2, -0.15) is 0 Å². The zero-order valence-electron chi connectivity index (χ0n) is 37.2. The molecule has 7 N–H and O–H groups in total. The van der Waals surface area contributed by atoms with E-state index in [2.05, 4.69) is 12.2 Å². The molecule has 0 aromatic heterocycles. The van der Waals surface area contributed by atoms with Crippen LogP contribution in [0.15, 0.2) is 4.99 Å². The summed E-state index contributed by atoms with van der Waals surface area (Å²) in [7, 11) is 0. The van der Waals surface area contributed by atoms with Crippen molar-refractivity contribution in [2.24, 2.45) is 22.4 Å². The van der Waals surface area contributed by atoms with Crippen LogP contribution in [0.1, 0.15) is 194 Å². The summed E-state index contributed by atoms with van der Waals surface area (Å²) in [6, 6.07) is 0.0445. The summed E-state index contributed by atoms with van der Waals surface area (Å²) in [5, 5.41) is 26.4. The number of nitrogens with zero attached hydrogens (tertiary/aromatic N) is 3. The number of ether oxygens (including phenoxy) is 3. The summed E-state index contributed by atoms with van der Waals surface area (Å²) in [4.78, 5) is 35.8. The SMILES string of the molecule is CC[C@@H]1CCCC[C@]2(C[C@H]3CCC4(O)C(C(=O)OCCCCCCCCCCCCCCCCC(=O)N(CCCN)CC(O)CCN)[C@@]5(CCC[C@H](C)O5)N=C(N2)N34)O1. The van der Waals surface area contributed by atoms with Crippen molar-refractivity contribution >= 4 is 17.8 Å². The summed E-state index contributed by atoms with van der Waals surface area (Å²) < 4.78 is 19.5. The van der Waals surface area contributed by atoms with Crippen molar-refractivity contribution in [1.29, 1.82) is 0 Å². The molecule has 59 heavy (non-hydrogen) atoms. The predicted molar refractivity (Wildman–Crippen MR) is 232 cm³/mol. The van der Waals surface area contributed by atoms with E-state index < -0.39 is 29.2 Å². The summed E-state index contributed by atoms with van der Waals surface area (Å²) >= 11 is 0. The van der Waals surface area contributed by atoms with Crippen molar-refractivity contribution in [1.82, 2.24) is 15.1 Å². The maximum atomic E-state index is 14.1. The Kier molecular flexibility index (Phi) is 19.5. The number of guanidine groups is 1. The van der Waals surface area contributed by atoms with Gasteiger partial charge in [-0.1, -0.05) is 90.4 Å². The van der Waals surface area contributed by atoms with Gasteiger partial charge < -0.3 is 51.0 Å². The second kappa shape index (κ2) is 24.0. The Bertz CT molecular complexity index is 1310. The second-order valence-corrected chi connectivity index (χ2v) is 18.8. The van der Waals surface area contributed by atoms with Crippen LogP contribution in [0, 0.1) is 5.92 Å². The van der Waals surface area contributed by atoms with E-state index in [0.717, 1.165) is 103 Å². The summed E-state index contributed by atoms with van der Waals surface area (Å²) in [6.45, 7) is 6.50. The van der Waals surface area contributed by atoms with Crippen molar-refractivity contribution in [2.75, 3.05) is 32.8 Å². The standard InChI is InChI=1S/C46H84N6O7/c1-3-39-23-17-18-27-44(59-39)34-37-25-29-46(56)41(45(28-20-22-36(2)58-45)50-43(49-44)52(37)46)42(55)57-33-19-15-13-11-9-7-5-4-6-8-10-12-14-16-24-40(54)51(32-21-30-47)35-38(53)26-31-48/h36-39,41,53,56H,3-35,47-48H2,1-2H3,(H,49,50)/t36-,37+,38?,39+,41?,44+,45-,46?/m0/s1. The van der Waals surface area contributed by atoms with E-state index in [1.54, 1.807) is 4.90 Å². The van der Waals surface area contributed by atoms with Gasteiger partial charge in [0.05, 0.1) is 24.9 Å². The molecule has 340 valence electrons. The molecule has 1 amide bonds. The van der Waals surface area contributed by atoms with Gasteiger partial charge in [0.25, 0.3) is 0 Å². The highest BCUT2D eigenvalue weighted by molar-refractivity contribution is 5.87. The highest BCUT2D eigenvalue weighted by Gasteiger charge is 2.69. The molecule has 5 rings (SSSR count). The summed E-state index contributed by atoms with van der Waals surface area (Å²) in [5.41, 5.74) is 8.13. The summed E-state index contributed by atoms with van der Waals surface area (Å²) in [6.07, 6.45) is 27.1. The third-order valence-electron chi connectivity index (χ3n) is 13.9. The number of hydrogen-bond acceptors (Lipinski definition) is 12. The molecule has 0 radical (unpaired) electrons. The monoisotopic (exact) mass is 833 g/mol. The van der Waals surface area contributed by atoms with Gasteiger partial charge in [0.15, 0.2) is 17.4 Å². The Balaban J connectivity index is 0.946. The molecular weight excluding hydrogens is 749 g/mol. The van der Waals surface area contributed by atoms with Gasteiger partial charge in [-0.05, 0) is 103 Å². The van der Waals surface area contributed by atoms with Gasteiger partial charge in [-0.25, -0.2) is 4.99 Å². The minimum Gasteiger partial charge on any atom is -0.465 e. The molecule has 3 unspecified atom stereocenters. The first-order valence-corrected chi connectivity index (χ1v) is 24.4. The first-order valence-electron chi connectivity index (χ1n) is 24.4. The quantitative estimate of drug-likeness (QED) is 0.0459. The molecule has 4 fully saturated rings. The number of nitrogens with one attached hydrogen (secondary N) is 1. The number of carbonyl (C=O) groups excluding carboxylic acids is 2. The number of nitrogens with two attached hydrogens (primary N) is 2. The molecule has 5 aliphatic rings. The van der Waals surface area contributed by atoms with Crippen LogP contribution in [0.2, 0.25) is 0 Å². The van der Waals surface area contributed by atoms with E-state index in [1.807, 2.05) is 11.8 Å². The number of carbonyl (C=O) groups is 2. The zero-order valence-corrected chi connectivity index (χ0v) is 37.2. The fourth-order valence-corrected chi connectivity index (χ4v) is 10.7. The number of amides is 1. The fraction of sp³-hybridized carbons (Fsp3) is 0.935. The highest BCUT2D eigenvalue weighted by Crippen LogP contribution is 2.54. The Morgan fingerprint density at radius 3 is 2.20 bits per heavy atom. The first-order chi connectivity index (χ1) is 28.6. The number of rotatable bonds is 26. The number of esters is 1. The van der Waals surface area contributed by atoms with Crippen LogP contribution in [-0.2, 0) is 23.8 Å². The van der Waals surface area contributed by atoms with E-state index >= 15 is 0 Å². The maximum absolute atomic E-state index is 14.1. The zero-order chi connectivity index (χ0) is 42.1. The molecule has 5 heterocycles. The van der Waals surface area contributed by atoms with Crippen LogP contribution >= 0.6 is 0 Å². The molecule has 4 saturated heterocycles. The van der Waals surface area contributed by atoms with Gasteiger partial charge >= 0.3 is 5.97 Å². The van der Waals surface area contributed by atoms with Gasteiger partial charge in [0.2, 0.25) is 11.9 Å². The van der Waals surface area contributed by atoms with Crippen molar-refractivity contribution < 1.29 is 34.0 Å². The van der Waals surface area contributed by atoms with Gasteiger partial charge in [-0.3, -0.25) is 9.59 Å². The van der Waals surface area contributed by atoms with Crippen molar-refractivity contribution in [3.05, 3.63) is 0 Å². The van der Waals surface area contributed by atoms with Crippen molar-refractivity contribution in [3.8, 4) is 0 Å². The van der Waals surface area contributed by atoms with Crippen molar-refractivity contribution in [2.45, 2.75) is 235 Å². The maximum Gasteiger partial charge on any atom is 0.318 e. The van der Waals surface area contributed by atoms with Crippen LogP contribution < -0.4 is 16.8 Å². The number of aliphatic hydroxyl groups excluding tert-OH is 1. The van der Waals surface area contributed by atoms with E-state index in [9.17, 15) is 19.8 Å². The lowest BCUT2D eigenvalue weighted by molar-refractivity contribution is -0.244. The average Bonchev–Trinajstić information content (AvgIpc) is 3.41. The van der Waals surface area contributed by atoms with E-state index in [0.29, 0.717) is 64.4 Å². The van der Waals surface area contributed by atoms with E-state index in [-0.39, 0.29) is 30.1 Å². The molecule has 8 atom stereocenters. The Labute approximate surface area is 356 Å². The predicted octanol–water partition coefficient (Wildman–Crippen LogP) is 6.75. The largest absolute Gasteiger partial charge is 0.465 e. The van der Waals surface area contributed by atoms with Crippen LogP contribution in [0.3, 0.4) is 0 Å². The molecule has 2 spiro atoms. The van der Waals surface area contributed by atoms with Gasteiger partial charge in [0.1, 0.15) is 5.72 Å². The molecule has 13 nitrogen and oxygen atoms in total. The second-order valence-electron chi connectivity index (χ2n) is 18.8. The number of aliphatic imine (C=N–C) groups is 1. The number of hydrogen-bond donors (Lipinski definition) is 5. The van der Waals surface area contributed by atoms with Crippen molar-refractivity contribution in [3.63, 3.8) is 0 Å². The minimum absolute atomic E-state index is 0.0445. The summed E-state index contributed by atoms with van der Waals surface area (Å²) in [5.74, 6) is -0.527. The number of aliphatic hydroxyl groups is 2. The van der Waals surface area contributed by atoms with E-state index in [1.165, 1.54) is 51.4 Å². The molecule has 0 aromatic rings. The molecule has 0 aliphatic carbocycles. The number of unbranched alkanes of at least 4 members (excludes halogenated alkanes) is 13. The molecule has 5 aliphatic heterocycles. The fourth-order valence-electron chi connectivity index (χ4n) is 10.7. The lowest BCUT2D eigenvalue weighted by atomic mass is 9.78. The van der Waals surface area contributed by atoms with E-state index in [4.69, 9.17) is 30.7 Å². The third-order valence-corrected chi connectivity index (χ3v) is 13.9. The lowest BCUT2D eigenvalue weighted by Gasteiger charge is -2.58. The van der Waals surface area contributed by atoms with Crippen LogP contribution in [0.25, 0.3) is 0 Å². The Morgan fingerprint density at radius 1 is 0.881 bits per heavy atom. The molecular formula is C46H84N6O7. The van der Waals surface area contributed by atoms with Crippen LogP contribution in [0.4, 0.5) is 0 Å². The van der Waals surface area contributed by atoms with Crippen LogP contribution in [0.5, 0.6) is 0 Å². The highest BCUT2D eigenvalue weighted by atomic mass is 16.6. The van der Waals surface area contributed by atoms with Gasteiger partial charge in [0, 0.05) is 32.0 Å². The first kappa shape index (κ1) is 48.0.